The van der Waals surface area contributed by atoms with Gasteiger partial charge in [-0.15, -0.1) is 11.8 Å². The van der Waals surface area contributed by atoms with E-state index in [4.69, 9.17) is 0 Å². The summed E-state index contributed by atoms with van der Waals surface area (Å²) in [5.41, 5.74) is 4.49. The highest BCUT2D eigenvalue weighted by atomic mass is 79.9. The lowest BCUT2D eigenvalue weighted by Crippen LogP contribution is -2.29. The monoisotopic (exact) mass is 494 g/mol. The van der Waals surface area contributed by atoms with Crippen molar-refractivity contribution < 1.29 is 9.59 Å². The third-order valence-electron chi connectivity index (χ3n) is 5.23. The minimum atomic E-state index is -0.160. The highest BCUT2D eigenvalue weighted by Gasteiger charge is 2.35. The number of para-hydroxylation sites is 1. The highest BCUT2D eigenvalue weighted by Crippen LogP contribution is 2.44. The molecular formula is C25H23BrN2O2S. The molecule has 1 heterocycles. The topological polar surface area (TPSA) is 49.4 Å². The predicted molar refractivity (Wildman–Crippen MR) is 132 cm³/mol. The molecule has 1 aliphatic heterocycles. The number of nitrogens with one attached hydrogen (secondary N) is 1. The first-order valence-electron chi connectivity index (χ1n) is 10.1. The molecule has 0 spiro atoms. The van der Waals surface area contributed by atoms with Gasteiger partial charge in [0.25, 0.3) is 5.91 Å². The lowest BCUT2D eigenvalue weighted by Gasteiger charge is -2.27. The number of amides is 2. The fourth-order valence-corrected chi connectivity index (χ4v) is 5.26. The number of thioether (sulfide) groups is 1. The summed E-state index contributed by atoms with van der Waals surface area (Å²) in [6.07, 6.45) is 0. The number of hydrogen-bond acceptors (Lipinski definition) is 3. The van der Waals surface area contributed by atoms with E-state index in [2.05, 4.69) is 41.2 Å². The van der Waals surface area contributed by atoms with E-state index in [0.717, 1.165) is 21.4 Å². The van der Waals surface area contributed by atoms with Gasteiger partial charge in [0.1, 0.15) is 5.37 Å². The smallest absolute Gasteiger partial charge is 0.255 e. The van der Waals surface area contributed by atoms with Crippen molar-refractivity contribution in [2.24, 2.45) is 0 Å². The fourth-order valence-electron chi connectivity index (χ4n) is 3.69. The van der Waals surface area contributed by atoms with Crippen LogP contribution in [0.4, 0.5) is 11.4 Å². The molecular weight excluding hydrogens is 472 g/mol. The second kappa shape index (κ2) is 9.28. The van der Waals surface area contributed by atoms with Gasteiger partial charge in [0.2, 0.25) is 5.91 Å². The average molecular weight is 495 g/mol. The van der Waals surface area contributed by atoms with Crippen molar-refractivity contribution in [3.63, 3.8) is 0 Å². The quantitative estimate of drug-likeness (QED) is 0.434. The minimum absolute atomic E-state index is 0.0813. The molecule has 4 nitrogen and oxygen atoms in total. The largest absolute Gasteiger partial charge is 0.322 e. The summed E-state index contributed by atoms with van der Waals surface area (Å²) in [5, 5.41) is 2.85. The molecule has 158 valence electrons. The molecule has 0 aliphatic carbocycles. The van der Waals surface area contributed by atoms with Gasteiger partial charge in [0.15, 0.2) is 0 Å². The number of nitrogens with zero attached hydrogens (tertiary/aromatic N) is 1. The van der Waals surface area contributed by atoms with Gasteiger partial charge in [-0.2, -0.15) is 0 Å². The van der Waals surface area contributed by atoms with Crippen molar-refractivity contribution in [3.8, 4) is 0 Å². The molecule has 1 aliphatic rings. The van der Waals surface area contributed by atoms with E-state index in [1.165, 1.54) is 5.56 Å². The zero-order valence-corrected chi connectivity index (χ0v) is 19.7. The standard InChI is InChI=1S/C25H23BrN2O2S/c1-16(2)21-8-3-4-9-22(21)28-23(29)15-31-25(28)17-10-12-20(13-11-17)27-24(30)18-6-5-7-19(26)14-18/h3-14,16,25H,15H2,1-2H3,(H,27,30)/t25-/m1/s1. The Hall–Kier alpha value is -2.57. The van der Waals surface area contributed by atoms with Gasteiger partial charge in [-0.25, -0.2) is 0 Å². The van der Waals surface area contributed by atoms with Gasteiger partial charge in [-0.3, -0.25) is 14.5 Å². The van der Waals surface area contributed by atoms with Crippen molar-refractivity contribution in [1.29, 1.82) is 0 Å². The number of benzene rings is 3. The highest BCUT2D eigenvalue weighted by molar-refractivity contribution is 9.10. The van der Waals surface area contributed by atoms with E-state index >= 15 is 0 Å². The van der Waals surface area contributed by atoms with Crippen molar-refractivity contribution in [3.05, 3.63) is 94.0 Å². The van der Waals surface area contributed by atoms with Crippen LogP contribution in [-0.2, 0) is 4.79 Å². The van der Waals surface area contributed by atoms with Gasteiger partial charge in [-0.1, -0.05) is 66.2 Å². The summed E-state index contributed by atoms with van der Waals surface area (Å²) in [5.74, 6) is 0.742. The number of carbonyl (C=O) groups excluding carboxylic acids is 2. The van der Waals surface area contributed by atoms with Crippen LogP contribution in [0.1, 0.15) is 46.6 Å². The molecule has 0 radical (unpaired) electrons. The molecule has 1 fully saturated rings. The normalized spacial score (nSPS) is 16.1. The second-order valence-corrected chi connectivity index (χ2v) is 9.71. The number of rotatable bonds is 5. The first kappa shape index (κ1) is 21.7. The van der Waals surface area contributed by atoms with Crippen LogP contribution >= 0.6 is 27.7 Å². The van der Waals surface area contributed by atoms with Crippen molar-refractivity contribution in [2.75, 3.05) is 16.0 Å². The summed E-state index contributed by atoms with van der Waals surface area (Å²) in [6.45, 7) is 4.29. The molecule has 4 rings (SSSR count). The van der Waals surface area contributed by atoms with Crippen molar-refractivity contribution in [1.82, 2.24) is 0 Å². The molecule has 1 saturated heterocycles. The summed E-state index contributed by atoms with van der Waals surface area (Å²) in [7, 11) is 0. The van der Waals surface area contributed by atoms with Crippen LogP contribution in [0.15, 0.2) is 77.3 Å². The van der Waals surface area contributed by atoms with E-state index < -0.39 is 0 Å². The van der Waals surface area contributed by atoms with Gasteiger partial charge in [0.05, 0.1) is 5.75 Å². The number of halogens is 1. The molecule has 31 heavy (non-hydrogen) atoms. The van der Waals surface area contributed by atoms with Gasteiger partial charge >= 0.3 is 0 Å². The lowest BCUT2D eigenvalue weighted by atomic mass is 10.00. The molecule has 3 aromatic carbocycles. The van der Waals surface area contributed by atoms with Crippen LogP contribution < -0.4 is 10.2 Å². The summed E-state index contributed by atoms with van der Waals surface area (Å²) in [4.78, 5) is 27.2. The Bertz CT molecular complexity index is 1110. The number of carbonyl (C=O) groups is 2. The zero-order valence-electron chi connectivity index (χ0n) is 17.3. The maximum atomic E-state index is 12.8. The van der Waals surface area contributed by atoms with Crippen LogP contribution in [0.2, 0.25) is 0 Å². The Morgan fingerprint density at radius 3 is 2.52 bits per heavy atom. The van der Waals surface area contributed by atoms with Gasteiger partial charge in [-0.05, 0) is 53.4 Å². The van der Waals surface area contributed by atoms with E-state index in [1.807, 2.05) is 59.5 Å². The van der Waals surface area contributed by atoms with E-state index in [1.54, 1.807) is 23.9 Å². The van der Waals surface area contributed by atoms with Crippen LogP contribution in [0, 0.1) is 0 Å². The van der Waals surface area contributed by atoms with Crippen molar-refractivity contribution >= 4 is 50.9 Å². The molecule has 0 unspecified atom stereocenters. The molecule has 0 saturated carbocycles. The van der Waals surface area contributed by atoms with E-state index in [-0.39, 0.29) is 17.2 Å². The Morgan fingerprint density at radius 1 is 1.06 bits per heavy atom. The molecule has 3 aromatic rings. The van der Waals surface area contributed by atoms with Crippen LogP contribution in [0.5, 0.6) is 0 Å². The fraction of sp³-hybridized carbons (Fsp3) is 0.200. The second-order valence-electron chi connectivity index (χ2n) is 7.73. The molecule has 1 N–H and O–H groups in total. The van der Waals surface area contributed by atoms with Gasteiger partial charge in [0, 0.05) is 21.4 Å². The van der Waals surface area contributed by atoms with Crippen LogP contribution in [0.3, 0.4) is 0 Å². The third kappa shape index (κ3) is 4.70. The summed E-state index contributed by atoms with van der Waals surface area (Å²) >= 11 is 5.02. The summed E-state index contributed by atoms with van der Waals surface area (Å²) < 4.78 is 0.861. The molecule has 6 heteroatoms. The number of hydrogen-bond donors (Lipinski definition) is 1. The molecule has 0 aromatic heterocycles. The summed E-state index contributed by atoms with van der Waals surface area (Å²) in [6, 6.07) is 23.1. The molecule has 2 amide bonds. The van der Waals surface area contributed by atoms with Crippen molar-refractivity contribution in [2.45, 2.75) is 25.1 Å². The molecule has 0 bridgehead atoms. The predicted octanol–water partition coefficient (Wildman–Crippen LogP) is 6.60. The maximum absolute atomic E-state index is 12.8. The maximum Gasteiger partial charge on any atom is 0.255 e. The third-order valence-corrected chi connectivity index (χ3v) is 6.93. The lowest BCUT2D eigenvalue weighted by molar-refractivity contribution is -0.115. The zero-order chi connectivity index (χ0) is 22.0. The number of anilines is 2. The Kier molecular flexibility index (Phi) is 6.49. The van der Waals surface area contributed by atoms with Crippen LogP contribution in [0.25, 0.3) is 0 Å². The average Bonchev–Trinajstić information content (AvgIpc) is 3.15. The Morgan fingerprint density at radius 2 is 1.81 bits per heavy atom. The van der Waals surface area contributed by atoms with E-state index in [0.29, 0.717) is 17.2 Å². The minimum Gasteiger partial charge on any atom is -0.322 e. The van der Waals surface area contributed by atoms with E-state index in [9.17, 15) is 9.59 Å². The first-order valence-corrected chi connectivity index (χ1v) is 12.0. The van der Waals surface area contributed by atoms with Crippen LogP contribution in [-0.4, -0.2) is 17.6 Å². The van der Waals surface area contributed by atoms with Gasteiger partial charge < -0.3 is 5.32 Å². The SMILES string of the molecule is CC(C)c1ccccc1N1C(=O)CS[C@@H]1c1ccc(NC(=O)c2cccc(Br)c2)cc1. The first-order chi connectivity index (χ1) is 14.9. The molecule has 1 atom stereocenters. The Labute approximate surface area is 195 Å². The Balaban J connectivity index is 1.56.